The first kappa shape index (κ1) is 20.3. The summed E-state index contributed by atoms with van der Waals surface area (Å²) in [6.07, 6.45) is -1.78. The van der Waals surface area contributed by atoms with Crippen LogP contribution in [-0.2, 0) is 11.0 Å². The lowest BCUT2D eigenvalue weighted by atomic mass is 10.2. The van der Waals surface area contributed by atoms with E-state index in [4.69, 9.17) is 0 Å². The fourth-order valence-corrected chi connectivity index (χ4v) is 3.51. The third-order valence-electron chi connectivity index (χ3n) is 4.98. The Morgan fingerprint density at radius 2 is 1.93 bits per heavy atom. The quantitative estimate of drug-likeness (QED) is 0.763. The van der Waals surface area contributed by atoms with Crippen molar-refractivity contribution in [1.82, 2.24) is 19.8 Å². The van der Waals surface area contributed by atoms with Crippen molar-refractivity contribution in [3.05, 3.63) is 40.3 Å². The van der Waals surface area contributed by atoms with Crippen LogP contribution in [0.2, 0.25) is 0 Å². The van der Waals surface area contributed by atoms with Crippen LogP contribution in [0.1, 0.15) is 37.9 Å². The van der Waals surface area contributed by atoms with E-state index in [-0.39, 0.29) is 11.0 Å². The maximum absolute atomic E-state index is 13.2. The molecule has 1 N–H and O–H groups in total. The Kier molecular flexibility index (Phi) is 6.02. The number of hydrogen-bond donors (Lipinski definition) is 1. The SMILES string of the molecule is C[C@H](C(=O)NCCCN1CCCC1)n1c(=O)c(C(F)(F)F)nc2ccccc21. The van der Waals surface area contributed by atoms with Gasteiger partial charge in [0.2, 0.25) is 11.6 Å². The van der Waals surface area contributed by atoms with Gasteiger partial charge in [0.1, 0.15) is 6.04 Å². The van der Waals surface area contributed by atoms with Gasteiger partial charge >= 0.3 is 6.18 Å². The van der Waals surface area contributed by atoms with E-state index < -0.39 is 29.4 Å². The lowest BCUT2D eigenvalue weighted by Gasteiger charge is -2.20. The second kappa shape index (κ2) is 8.30. The minimum absolute atomic E-state index is 0.0168. The Morgan fingerprint density at radius 3 is 2.61 bits per heavy atom. The molecule has 1 aliphatic rings. The van der Waals surface area contributed by atoms with E-state index >= 15 is 0 Å². The highest BCUT2D eigenvalue weighted by Crippen LogP contribution is 2.27. The van der Waals surface area contributed by atoms with Gasteiger partial charge in [-0.3, -0.25) is 14.2 Å². The summed E-state index contributed by atoms with van der Waals surface area (Å²) in [5, 5.41) is 2.73. The number of nitrogens with zero attached hydrogens (tertiary/aromatic N) is 3. The van der Waals surface area contributed by atoms with Crippen molar-refractivity contribution >= 4 is 16.9 Å². The summed E-state index contributed by atoms with van der Waals surface area (Å²) in [5.74, 6) is -0.493. The Hall–Kier alpha value is -2.42. The normalized spacial score (nSPS) is 16.4. The zero-order chi connectivity index (χ0) is 20.3. The summed E-state index contributed by atoms with van der Waals surface area (Å²) in [6.45, 7) is 4.81. The number of rotatable bonds is 6. The molecule has 2 heterocycles. The first-order valence-electron chi connectivity index (χ1n) is 9.37. The zero-order valence-corrected chi connectivity index (χ0v) is 15.6. The van der Waals surface area contributed by atoms with E-state index in [1.165, 1.54) is 38.0 Å². The molecule has 0 aliphatic carbocycles. The molecule has 28 heavy (non-hydrogen) atoms. The number of halogens is 3. The second-order valence-electron chi connectivity index (χ2n) is 6.99. The monoisotopic (exact) mass is 396 g/mol. The van der Waals surface area contributed by atoms with E-state index in [1.807, 2.05) is 0 Å². The number of amides is 1. The number of benzene rings is 1. The zero-order valence-electron chi connectivity index (χ0n) is 15.6. The third-order valence-corrected chi connectivity index (χ3v) is 4.98. The summed E-state index contributed by atoms with van der Waals surface area (Å²) in [4.78, 5) is 30.8. The van der Waals surface area contributed by atoms with Gasteiger partial charge < -0.3 is 10.2 Å². The van der Waals surface area contributed by atoms with E-state index in [0.29, 0.717) is 6.54 Å². The van der Waals surface area contributed by atoms with E-state index in [9.17, 15) is 22.8 Å². The van der Waals surface area contributed by atoms with E-state index in [0.717, 1.165) is 30.6 Å². The molecule has 0 saturated carbocycles. The molecule has 0 bridgehead atoms. The predicted molar refractivity (Wildman–Crippen MR) is 99.0 cm³/mol. The average molecular weight is 396 g/mol. The highest BCUT2D eigenvalue weighted by Gasteiger charge is 2.38. The number of carbonyl (C=O) groups is 1. The van der Waals surface area contributed by atoms with Crippen LogP contribution < -0.4 is 10.9 Å². The molecule has 152 valence electrons. The topological polar surface area (TPSA) is 67.2 Å². The number of hydrogen-bond acceptors (Lipinski definition) is 4. The van der Waals surface area contributed by atoms with Crippen LogP contribution in [0, 0.1) is 0 Å². The Morgan fingerprint density at radius 1 is 1.25 bits per heavy atom. The Bertz CT molecular complexity index is 904. The number of fused-ring (bicyclic) bond motifs is 1. The number of carbonyl (C=O) groups excluding carboxylic acids is 1. The van der Waals surface area contributed by atoms with Gasteiger partial charge in [0.15, 0.2) is 0 Å². The summed E-state index contributed by atoms with van der Waals surface area (Å²) in [5.41, 5.74) is -2.62. The van der Waals surface area contributed by atoms with Crippen molar-refractivity contribution < 1.29 is 18.0 Å². The Labute approximate surface area is 160 Å². The molecule has 3 rings (SSSR count). The van der Waals surface area contributed by atoms with E-state index in [1.54, 1.807) is 6.07 Å². The summed E-state index contributed by atoms with van der Waals surface area (Å²) < 4.78 is 40.6. The molecule has 0 radical (unpaired) electrons. The maximum Gasteiger partial charge on any atom is 0.438 e. The van der Waals surface area contributed by atoms with Crippen molar-refractivity contribution in [3.63, 3.8) is 0 Å². The lowest BCUT2D eigenvalue weighted by molar-refractivity contribution is -0.142. The molecule has 1 amide bonds. The van der Waals surface area contributed by atoms with Crippen molar-refractivity contribution in [2.45, 2.75) is 38.4 Å². The van der Waals surface area contributed by atoms with Crippen molar-refractivity contribution in [3.8, 4) is 0 Å². The highest BCUT2D eigenvalue weighted by molar-refractivity contribution is 5.83. The number of alkyl halides is 3. The summed E-state index contributed by atoms with van der Waals surface area (Å²) in [6, 6.07) is 4.91. The maximum atomic E-state index is 13.2. The summed E-state index contributed by atoms with van der Waals surface area (Å²) >= 11 is 0. The number of aromatic nitrogens is 2. The van der Waals surface area contributed by atoms with Crippen LogP contribution in [0.5, 0.6) is 0 Å². The molecule has 9 heteroatoms. The molecule has 1 fully saturated rings. The smallest absolute Gasteiger partial charge is 0.354 e. The predicted octanol–water partition coefficient (Wildman–Crippen LogP) is 2.58. The third kappa shape index (κ3) is 4.35. The van der Waals surface area contributed by atoms with Gasteiger partial charge in [-0.05, 0) is 58.0 Å². The van der Waals surface area contributed by atoms with Gasteiger partial charge in [-0.15, -0.1) is 0 Å². The summed E-state index contributed by atoms with van der Waals surface area (Å²) in [7, 11) is 0. The van der Waals surface area contributed by atoms with Gasteiger partial charge in [-0.2, -0.15) is 13.2 Å². The average Bonchev–Trinajstić information content (AvgIpc) is 3.16. The standard InChI is InChI=1S/C19H23F3N4O2/c1-13(17(27)23-9-6-12-25-10-4-5-11-25)26-15-8-3-2-7-14(15)24-16(18(26)28)19(20,21)22/h2-3,7-8,13H,4-6,9-12H2,1H3,(H,23,27)/t13-/m1/s1. The van der Waals surface area contributed by atoms with Crippen LogP contribution in [0.3, 0.4) is 0 Å². The fraction of sp³-hybridized carbons (Fsp3) is 0.526. The minimum atomic E-state index is -4.89. The van der Waals surface area contributed by atoms with Gasteiger partial charge in [0, 0.05) is 6.54 Å². The van der Waals surface area contributed by atoms with Crippen LogP contribution >= 0.6 is 0 Å². The second-order valence-corrected chi connectivity index (χ2v) is 6.99. The van der Waals surface area contributed by atoms with Crippen LogP contribution in [0.15, 0.2) is 29.1 Å². The van der Waals surface area contributed by atoms with Crippen LogP contribution in [0.4, 0.5) is 13.2 Å². The first-order chi connectivity index (χ1) is 13.3. The number of likely N-dealkylation sites (tertiary alicyclic amines) is 1. The van der Waals surface area contributed by atoms with Crippen molar-refractivity contribution in [2.24, 2.45) is 0 Å². The number of nitrogens with one attached hydrogen (secondary N) is 1. The minimum Gasteiger partial charge on any atom is -0.354 e. The molecule has 1 aromatic carbocycles. The van der Waals surface area contributed by atoms with Gasteiger partial charge in [0.25, 0.3) is 5.56 Å². The fourth-order valence-electron chi connectivity index (χ4n) is 3.51. The Balaban J connectivity index is 1.79. The molecule has 1 atom stereocenters. The van der Waals surface area contributed by atoms with E-state index in [2.05, 4.69) is 15.2 Å². The number of para-hydroxylation sites is 2. The molecule has 1 saturated heterocycles. The van der Waals surface area contributed by atoms with Crippen LogP contribution in [-0.4, -0.2) is 46.5 Å². The molecule has 1 aliphatic heterocycles. The highest BCUT2D eigenvalue weighted by atomic mass is 19.4. The van der Waals surface area contributed by atoms with Crippen molar-refractivity contribution in [1.29, 1.82) is 0 Å². The lowest BCUT2D eigenvalue weighted by Crippen LogP contribution is -2.39. The first-order valence-corrected chi connectivity index (χ1v) is 9.37. The molecule has 6 nitrogen and oxygen atoms in total. The molecular weight excluding hydrogens is 373 g/mol. The van der Waals surface area contributed by atoms with Gasteiger partial charge in [0.05, 0.1) is 11.0 Å². The van der Waals surface area contributed by atoms with Crippen LogP contribution in [0.25, 0.3) is 11.0 Å². The molecular formula is C19H23F3N4O2. The molecule has 0 spiro atoms. The molecule has 1 aromatic heterocycles. The van der Waals surface area contributed by atoms with Gasteiger partial charge in [-0.25, -0.2) is 4.98 Å². The molecule has 2 aromatic rings. The van der Waals surface area contributed by atoms with Crippen molar-refractivity contribution in [2.75, 3.05) is 26.2 Å². The largest absolute Gasteiger partial charge is 0.438 e. The van der Waals surface area contributed by atoms with Gasteiger partial charge in [-0.1, -0.05) is 12.1 Å². The molecule has 0 unspecified atom stereocenters.